The van der Waals surface area contributed by atoms with Gasteiger partial charge in [-0.3, -0.25) is 0 Å². The molecular formula is C14H14BrOP. The Bertz CT molecular complexity index is 465. The number of hydrogen-bond acceptors (Lipinski definition) is 1. The first-order chi connectivity index (χ1) is 8.16. The van der Waals surface area contributed by atoms with Crippen LogP contribution in [-0.2, 0) is 16.9 Å². The van der Waals surface area contributed by atoms with E-state index in [2.05, 4.69) is 15.5 Å². The van der Waals surface area contributed by atoms with Gasteiger partial charge < -0.3 is 4.57 Å². The molecule has 2 aromatic carbocycles. The molecule has 0 saturated carbocycles. The van der Waals surface area contributed by atoms with Gasteiger partial charge in [0.25, 0.3) is 0 Å². The van der Waals surface area contributed by atoms with E-state index in [1.807, 2.05) is 60.7 Å². The first kappa shape index (κ1) is 12.6. The second-order valence-electron chi connectivity index (χ2n) is 4.08. The molecule has 0 bridgehead atoms. The van der Waals surface area contributed by atoms with Gasteiger partial charge in [-0.2, -0.15) is 0 Å². The third kappa shape index (κ3) is 4.14. The van der Waals surface area contributed by atoms with Gasteiger partial charge in [-0.25, -0.2) is 0 Å². The maximum absolute atomic E-state index is 12.5. The van der Waals surface area contributed by atoms with Gasteiger partial charge in [0.1, 0.15) is 0 Å². The molecule has 0 aliphatic rings. The second-order valence-corrected chi connectivity index (χ2v) is 10.2. The van der Waals surface area contributed by atoms with Crippen molar-refractivity contribution in [2.75, 3.05) is 0 Å². The molecule has 0 spiro atoms. The van der Waals surface area contributed by atoms with Gasteiger partial charge in [-0.1, -0.05) is 60.7 Å². The van der Waals surface area contributed by atoms with Crippen LogP contribution in [0.3, 0.4) is 0 Å². The monoisotopic (exact) mass is 308 g/mol. The zero-order valence-corrected chi connectivity index (χ0v) is 11.9. The lowest BCUT2D eigenvalue weighted by Gasteiger charge is -2.11. The van der Waals surface area contributed by atoms with Crippen molar-refractivity contribution in [1.29, 1.82) is 0 Å². The van der Waals surface area contributed by atoms with E-state index in [0.717, 1.165) is 11.1 Å². The summed E-state index contributed by atoms with van der Waals surface area (Å²) in [5, 5.41) is 0. The minimum Gasteiger partial charge on any atom is -0.311 e. The van der Waals surface area contributed by atoms with E-state index in [1.165, 1.54) is 0 Å². The lowest BCUT2D eigenvalue weighted by atomic mass is 10.2. The van der Waals surface area contributed by atoms with E-state index in [1.54, 1.807) is 0 Å². The van der Waals surface area contributed by atoms with Gasteiger partial charge >= 0.3 is 0 Å². The van der Waals surface area contributed by atoms with Crippen molar-refractivity contribution in [3.05, 3.63) is 71.8 Å². The molecule has 0 aliphatic carbocycles. The van der Waals surface area contributed by atoms with Gasteiger partial charge in [0.05, 0.1) is 0 Å². The first-order valence-corrected chi connectivity index (χ1v) is 9.61. The van der Waals surface area contributed by atoms with E-state index in [4.69, 9.17) is 0 Å². The van der Waals surface area contributed by atoms with Crippen LogP contribution in [0.2, 0.25) is 0 Å². The molecule has 0 aromatic heterocycles. The molecule has 0 N–H and O–H groups in total. The molecule has 2 rings (SSSR count). The van der Waals surface area contributed by atoms with Gasteiger partial charge in [0.15, 0.2) is 5.84 Å². The van der Waals surface area contributed by atoms with Crippen LogP contribution in [0.25, 0.3) is 0 Å². The molecule has 0 atom stereocenters. The maximum Gasteiger partial charge on any atom is 0.156 e. The molecular weight excluding hydrogens is 295 g/mol. The normalized spacial score (nSPS) is 11.4. The van der Waals surface area contributed by atoms with Gasteiger partial charge in [-0.15, -0.1) is 0 Å². The average Bonchev–Trinajstić information content (AvgIpc) is 2.30. The third-order valence-electron chi connectivity index (χ3n) is 2.52. The highest BCUT2D eigenvalue weighted by Crippen LogP contribution is 2.59. The molecule has 1 nitrogen and oxygen atoms in total. The molecule has 0 unspecified atom stereocenters. The Labute approximate surface area is 110 Å². The summed E-state index contributed by atoms with van der Waals surface area (Å²) in [6, 6.07) is 19.9. The van der Waals surface area contributed by atoms with E-state index in [-0.39, 0.29) is 0 Å². The smallest absolute Gasteiger partial charge is 0.156 e. The Morgan fingerprint density at radius 3 is 1.47 bits per heavy atom. The van der Waals surface area contributed by atoms with Crippen LogP contribution in [0, 0.1) is 0 Å². The number of hydrogen-bond donors (Lipinski definition) is 0. The Morgan fingerprint density at radius 1 is 0.765 bits per heavy atom. The summed E-state index contributed by atoms with van der Waals surface area (Å²) in [6.07, 6.45) is 1.20. The maximum atomic E-state index is 12.5. The fourth-order valence-corrected chi connectivity index (χ4v) is 5.13. The van der Waals surface area contributed by atoms with Gasteiger partial charge in [-0.05, 0) is 26.6 Å². The van der Waals surface area contributed by atoms with Crippen molar-refractivity contribution < 1.29 is 4.57 Å². The summed E-state index contributed by atoms with van der Waals surface area (Å²) in [5.74, 6) is -2.32. The van der Waals surface area contributed by atoms with Crippen molar-refractivity contribution in [2.24, 2.45) is 0 Å². The predicted octanol–water partition coefficient (Wildman–Crippen LogP) is 5.06. The minimum absolute atomic E-state index is 0.600. The summed E-state index contributed by atoms with van der Waals surface area (Å²) >= 11 is 3.41. The lowest BCUT2D eigenvalue weighted by Crippen LogP contribution is -1.88. The first-order valence-electron chi connectivity index (χ1n) is 5.51. The lowest BCUT2D eigenvalue weighted by molar-refractivity contribution is 0.584. The van der Waals surface area contributed by atoms with Crippen LogP contribution in [0.15, 0.2) is 60.7 Å². The Morgan fingerprint density at radius 2 is 1.12 bits per heavy atom. The fourth-order valence-electron chi connectivity index (χ4n) is 1.77. The van der Waals surface area contributed by atoms with Crippen molar-refractivity contribution in [1.82, 2.24) is 0 Å². The minimum atomic E-state index is -2.32. The topological polar surface area (TPSA) is 17.1 Å². The van der Waals surface area contributed by atoms with E-state index in [0.29, 0.717) is 12.3 Å². The molecule has 0 aliphatic heterocycles. The second kappa shape index (κ2) is 5.66. The summed E-state index contributed by atoms with van der Waals surface area (Å²) in [4.78, 5) is 0. The molecule has 0 heterocycles. The molecule has 0 saturated heterocycles. The molecule has 0 radical (unpaired) electrons. The molecule has 0 amide bonds. The van der Waals surface area contributed by atoms with E-state index < -0.39 is 5.84 Å². The molecule has 88 valence electrons. The molecule has 17 heavy (non-hydrogen) atoms. The Hall–Kier alpha value is -0.850. The quantitative estimate of drug-likeness (QED) is 0.721. The van der Waals surface area contributed by atoms with Gasteiger partial charge in [0, 0.05) is 12.3 Å². The molecule has 3 heteroatoms. The highest BCUT2D eigenvalue weighted by atomic mass is 79.9. The SMILES string of the molecule is O=P(Br)(Cc1ccccc1)Cc1ccccc1. The van der Waals surface area contributed by atoms with Gasteiger partial charge in [0.2, 0.25) is 0 Å². The third-order valence-corrected chi connectivity index (χ3v) is 5.70. The van der Waals surface area contributed by atoms with Crippen molar-refractivity contribution in [3.8, 4) is 0 Å². The van der Waals surface area contributed by atoms with Crippen LogP contribution in [0.1, 0.15) is 11.1 Å². The Balaban J connectivity index is 2.07. The van der Waals surface area contributed by atoms with Crippen LogP contribution in [-0.4, -0.2) is 0 Å². The van der Waals surface area contributed by atoms with Crippen LogP contribution < -0.4 is 0 Å². The molecule has 2 aromatic rings. The zero-order chi connectivity index (χ0) is 12.1. The van der Waals surface area contributed by atoms with Crippen molar-refractivity contribution >= 4 is 21.3 Å². The number of rotatable bonds is 4. The highest BCUT2D eigenvalue weighted by Gasteiger charge is 2.18. The van der Waals surface area contributed by atoms with Crippen molar-refractivity contribution in [3.63, 3.8) is 0 Å². The van der Waals surface area contributed by atoms with E-state index >= 15 is 0 Å². The average molecular weight is 309 g/mol. The summed E-state index contributed by atoms with van der Waals surface area (Å²) in [5.41, 5.74) is 2.23. The fraction of sp³-hybridized carbons (Fsp3) is 0.143. The van der Waals surface area contributed by atoms with Crippen LogP contribution >= 0.6 is 21.3 Å². The zero-order valence-electron chi connectivity index (χ0n) is 9.42. The van der Waals surface area contributed by atoms with Crippen LogP contribution in [0.5, 0.6) is 0 Å². The standard InChI is InChI=1S/C14H14BrOP/c15-17(16,11-13-7-3-1-4-8-13)12-14-9-5-2-6-10-14/h1-10H,11-12H2. The summed E-state index contributed by atoms with van der Waals surface area (Å²) in [6.45, 7) is 0. The highest BCUT2D eigenvalue weighted by molar-refractivity contribution is 9.40. The summed E-state index contributed by atoms with van der Waals surface area (Å²) < 4.78 is 12.5. The number of benzene rings is 2. The van der Waals surface area contributed by atoms with Crippen LogP contribution in [0.4, 0.5) is 0 Å². The Kier molecular flexibility index (Phi) is 4.20. The van der Waals surface area contributed by atoms with Crippen molar-refractivity contribution in [2.45, 2.75) is 12.3 Å². The number of halogens is 1. The summed E-state index contributed by atoms with van der Waals surface area (Å²) in [7, 11) is 0. The predicted molar refractivity (Wildman–Crippen MR) is 76.8 cm³/mol. The van der Waals surface area contributed by atoms with E-state index in [9.17, 15) is 4.57 Å². The molecule has 0 fully saturated rings. The largest absolute Gasteiger partial charge is 0.311 e.